The number of para-hydroxylation sites is 2. The molecule has 1 saturated heterocycles. The number of rotatable bonds is 2. The van der Waals surface area contributed by atoms with Crippen LogP contribution >= 0.6 is 0 Å². The molecule has 2 aliphatic rings. The summed E-state index contributed by atoms with van der Waals surface area (Å²) in [5.41, 5.74) is 1.87. The third-order valence-corrected chi connectivity index (χ3v) is 5.59. The summed E-state index contributed by atoms with van der Waals surface area (Å²) < 4.78 is 7.69. The number of hydrogen-bond donors (Lipinski definition) is 0. The molecule has 144 valence electrons. The van der Waals surface area contributed by atoms with Crippen LogP contribution in [0.4, 0.5) is 0 Å². The van der Waals surface area contributed by atoms with E-state index >= 15 is 0 Å². The van der Waals surface area contributed by atoms with Gasteiger partial charge in [-0.05, 0) is 31.9 Å². The fourth-order valence-electron chi connectivity index (χ4n) is 4.17. The van der Waals surface area contributed by atoms with Crippen LogP contribution in [0.2, 0.25) is 0 Å². The molecule has 0 spiro atoms. The molecule has 4 heterocycles. The third-order valence-electron chi connectivity index (χ3n) is 5.59. The first-order valence-corrected chi connectivity index (χ1v) is 9.73. The lowest BCUT2D eigenvalue weighted by atomic mass is 9.99. The lowest BCUT2D eigenvalue weighted by Gasteiger charge is -2.33. The fraction of sp³-hybridized carbons (Fsp3) is 0.450. The quantitative estimate of drug-likeness (QED) is 0.680. The Balaban J connectivity index is 1.41. The van der Waals surface area contributed by atoms with Gasteiger partial charge in [0, 0.05) is 25.7 Å². The minimum Gasteiger partial charge on any atom is -0.381 e. The highest BCUT2D eigenvalue weighted by Crippen LogP contribution is 2.31. The Morgan fingerprint density at radius 3 is 2.75 bits per heavy atom. The number of fused-ring (bicyclic) bond motifs is 2. The monoisotopic (exact) mass is 378 g/mol. The number of carbonyl (C=O) groups is 1. The van der Waals surface area contributed by atoms with E-state index < -0.39 is 0 Å². The molecule has 8 nitrogen and oxygen atoms in total. The zero-order valence-electron chi connectivity index (χ0n) is 15.8. The van der Waals surface area contributed by atoms with Gasteiger partial charge in [0.1, 0.15) is 11.5 Å². The number of aromatic nitrogens is 5. The summed E-state index contributed by atoms with van der Waals surface area (Å²) in [6.07, 6.45) is 3.50. The maximum atomic E-state index is 13.1. The van der Waals surface area contributed by atoms with Crippen LogP contribution in [0, 0.1) is 0 Å². The molecule has 28 heavy (non-hydrogen) atoms. The Morgan fingerprint density at radius 2 is 1.93 bits per heavy atom. The number of amides is 1. The van der Waals surface area contributed by atoms with Crippen molar-refractivity contribution in [3.63, 3.8) is 0 Å². The van der Waals surface area contributed by atoms with E-state index in [1.165, 1.54) is 0 Å². The minimum absolute atomic E-state index is 0.119. The minimum atomic E-state index is -0.119. The molecule has 2 aliphatic heterocycles. The van der Waals surface area contributed by atoms with Gasteiger partial charge in [0.05, 0.1) is 29.8 Å². The summed E-state index contributed by atoms with van der Waals surface area (Å²) in [5, 5.41) is 8.87. The smallest absolute Gasteiger partial charge is 0.274 e. The van der Waals surface area contributed by atoms with Crippen LogP contribution in [-0.4, -0.2) is 55.3 Å². The molecule has 0 aliphatic carbocycles. The van der Waals surface area contributed by atoms with Gasteiger partial charge in [-0.25, -0.2) is 4.98 Å². The maximum absolute atomic E-state index is 13.1. The van der Waals surface area contributed by atoms with E-state index in [9.17, 15) is 4.79 Å². The molecule has 5 rings (SSSR count). The van der Waals surface area contributed by atoms with Gasteiger partial charge in [0.15, 0.2) is 5.82 Å². The SMILES string of the molecule is C[C@H]1CN(C(=O)c2cnc3ccccc3n2)Cc2nnc(C3CCOCC3)n21. The second kappa shape index (κ2) is 6.94. The topological polar surface area (TPSA) is 86.0 Å². The number of nitrogens with zero attached hydrogens (tertiary/aromatic N) is 6. The van der Waals surface area contributed by atoms with Crippen molar-refractivity contribution in [3.05, 3.63) is 47.8 Å². The van der Waals surface area contributed by atoms with Crippen LogP contribution in [0.25, 0.3) is 11.0 Å². The third kappa shape index (κ3) is 2.93. The molecule has 1 amide bonds. The normalized spacial score (nSPS) is 20.3. The van der Waals surface area contributed by atoms with E-state index in [0.29, 0.717) is 24.7 Å². The summed E-state index contributed by atoms with van der Waals surface area (Å²) in [5.74, 6) is 2.13. The summed E-state index contributed by atoms with van der Waals surface area (Å²) >= 11 is 0. The van der Waals surface area contributed by atoms with Crippen LogP contribution in [-0.2, 0) is 11.3 Å². The van der Waals surface area contributed by atoms with Gasteiger partial charge in [-0.15, -0.1) is 10.2 Å². The van der Waals surface area contributed by atoms with E-state index in [-0.39, 0.29) is 11.9 Å². The molecule has 1 fully saturated rings. The van der Waals surface area contributed by atoms with Crippen molar-refractivity contribution in [1.82, 2.24) is 29.6 Å². The van der Waals surface area contributed by atoms with Gasteiger partial charge in [0.25, 0.3) is 5.91 Å². The van der Waals surface area contributed by atoms with E-state index in [1.54, 1.807) is 11.1 Å². The van der Waals surface area contributed by atoms with Gasteiger partial charge in [-0.3, -0.25) is 9.78 Å². The number of carbonyl (C=O) groups excluding carboxylic acids is 1. The molecule has 1 atom stereocenters. The Labute approximate surface area is 162 Å². The predicted octanol–water partition coefficient (Wildman–Crippen LogP) is 2.33. The molecule has 0 N–H and O–H groups in total. The van der Waals surface area contributed by atoms with Crippen molar-refractivity contribution >= 4 is 16.9 Å². The molecule has 3 aromatic rings. The first-order valence-electron chi connectivity index (χ1n) is 9.73. The average Bonchev–Trinajstić information content (AvgIpc) is 3.18. The zero-order chi connectivity index (χ0) is 19.1. The van der Waals surface area contributed by atoms with E-state index in [1.807, 2.05) is 24.3 Å². The average molecular weight is 378 g/mol. The van der Waals surface area contributed by atoms with E-state index in [2.05, 4.69) is 31.7 Å². The van der Waals surface area contributed by atoms with Crippen LogP contribution in [0.1, 0.15) is 53.9 Å². The van der Waals surface area contributed by atoms with Gasteiger partial charge in [0.2, 0.25) is 0 Å². The lowest BCUT2D eigenvalue weighted by molar-refractivity contribution is 0.0663. The Kier molecular flexibility index (Phi) is 4.27. The molecular formula is C20H22N6O2. The summed E-state index contributed by atoms with van der Waals surface area (Å²) in [7, 11) is 0. The fourth-order valence-corrected chi connectivity index (χ4v) is 4.17. The van der Waals surface area contributed by atoms with Crippen LogP contribution in [0.15, 0.2) is 30.5 Å². The Hall–Kier alpha value is -2.87. The van der Waals surface area contributed by atoms with Crippen LogP contribution in [0.5, 0.6) is 0 Å². The molecule has 2 aromatic heterocycles. The molecule has 0 bridgehead atoms. The number of ether oxygens (including phenoxy) is 1. The standard InChI is InChI=1S/C20H22N6O2/c1-13-11-25(20(27)17-10-21-15-4-2-3-5-16(15)22-17)12-18-23-24-19(26(13)18)14-6-8-28-9-7-14/h2-5,10,13-14H,6-9,11-12H2,1H3/t13-/m0/s1. The highest BCUT2D eigenvalue weighted by atomic mass is 16.5. The van der Waals surface area contributed by atoms with Gasteiger partial charge < -0.3 is 14.2 Å². The largest absolute Gasteiger partial charge is 0.381 e. The summed E-state index contributed by atoms with van der Waals surface area (Å²) in [6.45, 7) is 4.70. The molecule has 1 aromatic carbocycles. The molecule has 8 heteroatoms. The zero-order valence-corrected chi connectivity index (χ0v) is 15.8. The highest BCUT2D eigenvalue weighted by molar-refractivity contribution is 5.93. The summed E-state index contributed by atoms with van der Waals surface area (Å²) in [4.78, 5) is 23.7. The molecule has 0 radical (unpaired) electrons. The van der Waals surface area contributed by atoms with Crippen molar-refractivity contribution in [1.29, 1.82) is 0 Å². The molecular weight excluding hydrogens is 356 g/mol. The van der Waals surface area contributed by atoms with Gasteiger partial charge >= 0.3 is 0 Å². The first-order chi connectivity index (χ1) is 13.7. The Morgan fingerprint density at radius 1 is 1.14 bits per heavy atom. The van der Waals surface area contributed by atoms with Crippen molar-refractivity contribution in [2.45, 2.75) is 38.3 Å². The molecule has 0 unspecified atom stereocenters. The van der Waals surface area contributed by atoms with Crippen molar-refractivity contribution in [3.8, 4) is 0 Å². The number of hydrogen-bond acceptors (Lipinski definition) is 6. The maximum Gasteiger partial charge on any atom is 0.274 e. The lowest BCUT2D eigenvalue weighted by Crippen LogP contribution is -2.41. The Bertz CT molecular complexity index is 1030. The van der Waals surface area contributed by atoms with E-state index in [0.717, 1.165) is 48.7 Å². The molecule has 0 saturated carbocycles. The van der Waals surface area contributed by atoms with Gasteiger partial charge in [-0.2, -0.15) is 0 Å². The van der Waals surface area contributed by atoms with Crippen LogP contribution in [0.3, 0.4) is 0 Å². The first kappa shape index (κ1) is 17.2. The second-order valence-electron chi connectivity index (χ2n) is 7.51. The van der Waals surface area contributed by atoms with Crippen molar-refractivity contribution < 1.29 is 9.53 Å². The summed E-state index contributed by atoms with van der Waals surface area (Å²) in [6, 6.07) is 7.69. The van der Waals surface area contributed by atoms with E-state index in [4.69, 9.17) is 4.74 Å². The highest BCUT2D eigenvalue weighted by Gasteiger charge is 2.33. The van der Waals surface area contributed by atoms with Crippen molar-refractivity contribution in [2.24, 2.45) is 0 Å². The van der Waals surface area contributed by atoms with Gasteiger partial charge in [-0.1, -0.05) is 12.1 Å². The predicted molar refractivity (Wildman–Crippen MR) is 102 cm³/mol. The van der Waals surface area contributed by atoms with Crippen molar-refractivity contribution in [2.75, 3.05) is 19.8 Å². The number of benzene rings is 1. The van der Waals surface area contributed by atoms with Crippen LogP contribution < -0.4 is 0 Å². The second-order valence-corrected chi connectivity index (χ2v) is 7.51.